The van der Waals surface area contributed by atoms with Gasteiger partial charge in [0.25, 0.3) is 11.7 Å². The SMILES string of the molecule is COc1c(NC(=O)C(=O)c2ccc(OCCN3CCOCC3)c3ccc(Cl)cc23)cc(C(C)(C)C)cc1NS(C)=O. The molecule has 1 atom stereocenters. The molecule has 0 aliphatic carbocycles. The van der Waals surface area contributed by atoms with E-state index in [4.69, 9.17) is 25.8 Å². The number of rotatable bonds is 10. The van der Waals surface area contributed by atoms with Crippen molar-refractivity contribution in [3.8, 4) is 11.5 Å². The van der Waals surface area contributed by atoms with Gasteiger partial charge < -0.3 is 24.2 Å². The second-order valence-corrected chi connectivity index (χ2v) is 12.3. The summed E-state index contributed by atoms with van der Waals surface area (Å²) in [5.74, 6) is -0.718. The van der Waals surface area contributed by atoms with E-state index >= 15 is 0 Å². The van der Waals surface area contributed by atoms with Crippen LogP contribution >= 0.6 is 11.6 Å². The van der Waals surface area contributed by atoms with Crippen molar-refractivity contribution in [3.63, 3.8) is 0 Å². The van der Waals surface area contributed by atoms with Crippen molar-refractivity contribution in [1.29, 1.82) is 0 Å². The molecular formula is C30H36ClN3O6S. The second-order valence-electron chi connectivity index (χ2n) is 10.8. The van der Waals surface area contributed by atoms with E-state index in [2.05, 4.69) is 14.9 Å². The zero-order valence-corrected chi connectivity index (χ0v) is 25.5. The Balaban J connectivity index is 1.62. The van der Waals surface area contributed by atoms with E-state index in [-0.39, 0.29) is 22.4 Å². The first-order chi connectivity index (χ1) is 19.5. The first-order valence-electron chi connectivity index (χ1n) is 13.3. The Morgan fingerprint density at radius 2 is 1.76 bits per heavy atom. The first-order valence-corrected chi connectivity index (χ1v) is 15.2. The summed E-state index contributed by atoms with van der Waals surface area (Å²) in [5.41, 5.74) is 1.48. The van der Waals surface area contributed by atoms with Gasteiger partial charge in [-0.05, 0) is 58.8 Å². The lowest BCUT2D eigenvalue weighted by molar-refractivity contribution is -0.112. The molecule has 1 aliphatic rings. The molecule has 220 valence electrons. The highest BCUT2D eigenvalue weighted by Gasteiger charge is 2.25. The molecule has 1 unspecified atom stereocenters. The Kier molecular flexibility index (Phi) is 9.91. The maximum Gasteiger partial charge on any atom is 0.296 e. The topological polar surface area (TPSA) is 106 Å². The number of amides is 1. The van der Waals surface area contributed by atoms with Gasteiger partial charge in [0.1, 0.15) is 23.3 Å². The predicted molar refractivity (Wildman–Crippen MR) is 164 cm³/mol. The van der Waals surface area contributed by atoms with Crippen molar-refractivity contribution in [2.45, 2.75) is 26.2 Å². The highest BCUT2D eigenvalue weighted by Crippen LogP contribution is 2.39. The van der Waals surface area contributed by atoms with Crippen LogP contribution in [0.2, 0.25) is 5.02 Å². The predicted octanol–water partition coefficient (Wildman–Crippen LogP) is 5.04. The van der Waals surface area contributed by atoms with E-state index < -0.39 is 22.7 Å². The average molecular weight is 602 g/mol. The number of Topliss-reactive ketones (excluding diaryl/α,β-unsaturated/α-hetero) is 1. The van der Waals surface area contributed by atoms with Crippen molar-refractivity contribution >= 4 is 56.4 Å². The molecule has 1 heterocycles. The Labute approximate surface area is 248 Å². The van der Waals surface area contributed by atoms with Gasteiger partial charge >= 0.3 is 0 Å². The number of benzene rings is 3. The lowest BCUT2D eigenvalue weighted by Gasteiger charge is -2.26. The summed E-state index contributed by atoms with van der Waals surface area (Å²) in [6.07, 6.45) is 1.50. The number of carbonyl (C=O) groups excluding carboxylic acids is 2. The number of hydrogen-bond donors (Lipinski definition) is 2. The zero-order valence-electron chi connectivity index (χ0n) is 24.0. The quantitative estimate of drug-likeness (QED) is 0.248. The molecule has 41 heavy (non-hydrogen) atoms. The van der Waals surface area contributed by atoms with Crippen LogP contribution < -0.4 is 19.5 Å². The molecule has 3 aromatic rings. The number of nitrogens with one attached hydrogen (secondary N) is 2. The molecular weight excluding hydrogens is 566 g/mol. The summed E-state index contributed by atoms with van der Waals surface area (Å²) in [6.45, 7) is 10.4. The maximum atomic E-state index is 13.5. The largest absolute Gasteiger partial charge is 0.492 e. The molecule has 3 aromatic carbocycles. The molecule has 0 spiro atoms. The molecule has 9 nitrogen and oxygen atoms in total. The van der Waals surface area contributed by atoms with E-state index in [0.29, 0.717) is 47.1 Å². The molecule has 0 saturated carbocycles. The summed E-state index contributed by atoms with van der Waals surface area (Å²) in [5, 5.41) is 4.34. The van der Waals surface area contributed by atoms with Crippen molar-refractivity contribution in [3.05, 3.63) is 58.6 Å². The Hall–Kier alpha value is -3.18. The second kappa shape index (κ2) is 13.2. The minimum absolute atomic E-state index is 0.194. The summed E-state index contributed by atoms with van der Waals surface area (Å²) in [6, 6.07) is 12.0. The summed E-state index contributed by atoms with van der Waals surface area (Å²) < 4.78 is 31.9. The number of nitrogens with zero attached hydrogens (tertiary/aromatic N) is 1. The molecule has 2 N–H and O–H groups in total. The number of hydrogen-bond acceptors (Lipinski definition) is 7. The number of fused-ring (bicyclic) bond motifs is 1. The van der Waals surface area contributed by atoms with Gasteiger partial charge in [0.05, 0.1) is 31.7 Å². The highest BCUT2D eigenvalue weighted by atomic mass is 35.5. The molecule has 1 amide bonds. The molecule has 1 aliphatic heterocycles. The van der Waals surface area contributed by atoms with E-state index in [1.54, 1.807) is 36.4 Å². The van der Waals surface area contributed by atoms with Crippen LogP contribution in [0.3, 0.4) is 0 Å². The smallest absolute Gasteiger partial charge is 0.296 e. The fraction of sp³-hybridized carbons (Fsp3) is 0.400. The van der Waals surface area contributed by atoms with E-state index in [9.17, 15) is 13.8 Å². The Bertz CT molecular complexity index is 1470. The summed E-state index contributed by atoms with van der Waals surface area (Å²) >= 11 is 6.30. The third kappa shape index (κ3) is 7.56. The molecule has 11 heteroatoms. The van der Waals surface area contributed by atoms with Crippen LogP contribution in [0.5, 0.6) is 11.5 Å². The number of anilines is 2. The molecule has 0 aromatic heterocycles. The van der Waals surface area contributed by atoms with Gasteiger partial charge in [-0.1, -0.05) is 32.4 Å². The maximum absolute atomic E-state index is 13.5. The minimum Gasteiger partial charge on any atom is -0.492 e. The standard InChI is InChI=1S/C30H36ClN3O6S/c1-30(2,3)19-16-24(28(38-4)25(17-19)33-41(5)37)32-29(36)27(35)22-8-9-26(21-7-6-20(31)18-23(21)22)40-15-12-34-10-13-39-14-11-34/h6-9,16-18,33H,10-15H2,1-5H3,(H,32,36). The molecule has 1 saturated heterocycles. The number of ether oxygens (including phenoxy) is 3. The lowest BCUT2D eigenvalue weighted by Crippen LogP contribution is -2.38. The highest BCUT2D eigenvalue weighted by molar-refractivity contribution is 7.85. The zero-order chi connectivity index (χ0) is 29.7. The van der Waals surface area contributed by atoms with Gasteiger partial charge in [-0.2, -0.15) is 0 Å². The van der Waals surface area contributed by atoms with Gasteiger partial charge in [-0.15, -0.1) is 0 Å². The van der Waals surface area contributed by atoms with Crippen LogP contribution in [0.4, 0.5) is 11.4 Å². The average Bonchev–Trinajstić information content (AvgIpc) is 2.92. The van der Waals surface area contributed by atoms with Gasteiger partial charge in [-0.3, -0.25) is 14.5 Å². The number of halogens is 1. The number of carbonyl (C=O) groups is 2. The third-order valence-electron chi connectivity index (χ3n) is 6.82. The van der Waals surface area contributed by atoms with Crippen LogP contribution in [0.25, 0.3) is 10.8 Å². The van der Waals surface area contributed by atoms with Crippen molar-refractivity contribution < 1.29 is 28.0 Å². The van der Waals surface area contributed by atoms with Gasteiger partial charge in [0.15, 0.2) is 5.75 Å². The van der Waals surface area contributed by atoms with Crippen LogP contribution in [0, 0.1) is 0 Å². The van der Waals surface area contributed by atoms with E-state index in [1.165, 1.54) is 13.4 Å². The number of morpholine rings is 1. The summed E-state index contributed by atoms with van der Waals surface area (Å²) in [4.78, 5) is 29.2. The van der Waals surface area contributed by atoms with Crippen LogP contribution in [0.1, 0.15) is 36.7 Å². The number of ketones is 1. The van der Waals surface area contributed by atoms with Crippen molar-refractivity contribution in [1.82, 2.24) is 4.90 Å². The van der Waals surface area contributed by atoms with Crippen molar-refractivity contribution in [2.24, 2.45) is 0 Å². The fourth-order valence-electron chi connectivity index (χ4n) is 4.63. The normalized spacial score (nSPS) is 14.9. The molecule has 4 rings (SSSR count). The third-order valence-corrected chi connectivity index (χ3v) is 7.56. The van der Waals surface area contributed by atoms with Gasteiger partial charge in [0, 0.05) is 41.9 Å². The Morgan fingerprint density at radius 3 is 2.41 bits per heavy atom. The first kappa shape index (κ1) is 30.8. The molecule has 0 bridgehead atoms. The van der Waals surface area contributed by atoms with Crippen LogP contribution in [-0.4, -0.2) is 73.6 Å². The van der Waals surface area contributed by atoms with Gasteiger partial charge in [0.2, 0.25) is 0 Å². The fourth-order valence-corrected chi connectivity index (χ4v) is 5.27. The Morgan fingerprint density at radius 1 is 1.05 bits per heavy atom. The minimum atomic E-state index is -1.39. The monoisotopic (exact) mass is 601 g/mol. The van der Waals surface area contributed by atoms with Crippen LogP contribution in [-0.2, 0) is 25.9 Å². The van der Waals surface area contributed by atoms with Crippen molar-refractivity contribution in [2.75, 3.05) is 62.9 Å². The van der Waals surface area contributed by atoms with Crippen LogP contribution in [0.15, 0.2) is 42.5 Å². The van der Waals surface area contributed by atoms with E-state index in [0.717, 1.165) is 25.2 Å². The van der Waals surface area contributed by atoms with Gasteiger partial charge in [-0.25, -0.2) is 4.21 Å². The molecule has 1 fully saturated rings. The van der Waals surface area contributed by atoms with E-state index in [1.807, 2.05) is 26.8 Å². The molecule has 0 radical (unpaired) electrons. The summed E-state index contributed by atoms with van der Waals surface area (Å²) in [7, 11) is 0.0552. The lowest BCUT2D eigenvalue weighted by atomic mass is 9.86. The number of methoxy groups -OCH3 is 1.